The highest BCUT2D eigenvalue weighted by molar-refractivity contribution is 7.98. The predicted molar refractivity (Wildman–Crippen MR) is 61.2 cm³/mol. The van der Waals surface area contributed by atoms with Gasteiger partial charge in [0.2, 0.25) is 6.41 Å². The van der Waals surface area contributed by atoms with Crippen molar-refractivity contribution < 1.29 is 9.90 Å². The minimum atomic E-state index is 0.273. The van der Waals surface area contributed by atoms with Gasteiger partial charge in [-0.25, -0.2) is 0 Å². The Morgan fingerprint density at radius 3 is 2.79 bits per heavy atom. The van der Waals surface area contributed by atoms with E-state index in [0.29, 0.717) is 6.41 Å². The third-order valence-electron chi connectivity index (χ3n) is 1.42. The van der Waals surface area contributed by atoms with Crippen molar-refractivity contribution in [3.63, 3.8) is 0 Å². The number of rotatable bonds is 6. The van der Waals surface area contributed by atoms with Gasteiger partial charge in [0, 0.05) is 12.0 Å². The fraction of sp³-hybridized carbons (Fsp3) is 0.300. The van der Waals surface area contributed by atoms with E-state index >= 15 is 0 Å². The van der Waals surface area contributed by atoms with Crippen LogP contribution in [0.4, 0.5) is 0 Å². The molecule has 0 aromatic carbocycles. The first-order chi connectivity index (χ1) is 6.72. The van der Waals surface area contributed by atoms with Crippen LogP contribution in [-0.4, -0.2) is 23.5 Å². The van der Waals surface area contributed by atoms with E-state index in [2.05, 4.69) is 5.32 Å². The van der Waals surface area contributed by atoms with Gasteiger partial charge in [0.15, 0.2) is 0 Å². The van der Waals surface area contributed by atoms with E-state index in [1.165, 1.54) is 6.20 Å². The molecule has 2 N–H and O–H groups in total. The zero-order valence-corrected chi connectivity index (χ0v) is 9.17. The highest BCUT2D eigenvalue weighted by Gasteiger charge is 1.93. The van der Waals surface area contributed by atoms with Gasteiger partial charge in [0.1, 0.15) is 5.76 Å². The standard InChI is InChI=1S/C10H15NO2S/c1-9(7-14-2)10(13)5-3-4-6-11-8-12/h3-6,8,13H,7H2,1-2H3,(H,11,12)/b5-3-,6-4+,10-9-. The van der Waals surface area contributed by atoms with E-state index in [0.717, 1.165) is 11.3 Å². The van der Waals surface area contributed by atoms with Gasteiger partial charge in [-0.05, 0) is 30.9 Å². The largest absolute Gasteiger partial charge is 0.508 e. The van der Waals surface area contributed by atoms with Gasteiger partial charge in [-0.1, -0.05) is 6.08 Å². The number of hydrogen-bond donors (Lipinski definition) is 2. The SMILES string of the molecule is CSC/C(C)=C(O)/C=C\C=C\NC=O. The molecule has 0 aliphatic heterocycles. The second-order valence-electron chi connectivity index (χ2n) is 2.60. The molecule has 1 amide bonds. The number of amides is 1. The van der Waals surface area contributed by atoms with Gasteiger partial charge in [0.05, 0.1) is 0 Å². The van der Waals surface area contributed by atoms with Crippen LogP contribution in [-0.2, 0) is 4.79 Å². The van der Waals surface area contributed by atoms with Crippen LogP contribution in [0.2, 0.25) is 0 Å². The molecule has 0 heterocycles. The monoisotopic (exact) mass is 213 g/mol. The maximum atomic E-state index is 9.85. The fourth-order valence-corrected chi connectivity index (χ4v) is 1.31. The first-order valence-electron chi connectivity index (χ1n) is 4.13. The molecule has 0 radical (unpaired) electrons. The summed E-state index contributed by atoms with van der Waals surface area (Å²) in [6, 6.07) is 0. The lowest BCUT2D eigenvalue weighted by atomic mass is 10.2. The second kappa shape index (κ2) is 8.44. The Bertz CT molecular complexity index is 257. The molecular weight excluding hydrogens is 198 g/mol. The summed E-state index contributed by atoms with van der Waals surface area (Å²) in [5.74, 6) is 1.09. The minimum absolute atomic E-state index is 0.273. The van der Waals surface area contributed by atoms with Gasteiger partial charge in [-0.2, -0.15) is 11.8 Å². The number of carbonyl (C=O) groups is 1. The van der Waals surface area contributed by atoms with E-state index in [9.17, 15) is 9.90 Å². The molecule has 3 nitrogen and oxygen atoms in total. The van der Waals surface area contributed by atoms with Crippen molar-refractivity contribution in [2.75, 3.05) is 12.0 Å². The van der Waals surface area contributed by atoms with Crippen molar-refractivity contribution in [1.82, 2.24) is 5.32 Å². The molecule has 0 rings (SSSR count). The van der Waals surface area contributed by atoms with Crippen molar-refractivity contribution in [1.29, 1.82) is 0 Å². The van der Waals surface area contributed by atoms with E-state index in [4.69, 9.17) is 0 Å². The minimum Gasteiger partial charge on any atom is -0.508 e. The van der Waals surface area contributed by atoms with E-state index in [-0.39, 0.29) is 5.76 Å². The Balaban J connectivity index is 4.08. The smallest absolute Gasteiger partial charge is 0.211 e. The number of hydrogen-bond acceptors (Lipinski definition) is 3. The van der Waals surface area contributed by atoms with Crippen LogP contribution in [0.3, 0.4) is 0 Å². The number of carbonyl (C=O) groups excluding carboxylic acids is 1. The van der Waals surface area contributed by atoms with Crippen LogP contribution < -0.4 is 5.32 Å². The van der Waals surface area contributed by atoms with E-state index in [1.807, 2.05) is 13.2 Å². The maximum Gasteiger partial charge on any atom is 0.211 e. The Morgan fingerprint density at radius 1 is 1.50 bits per heavy atom. The normalized spacial score (nSPS) is 13.3. The Hall–Kier alpha value is -1.16. The van der Waals surface area contributed by atoms with Crippen LogP contribution in [0, 0.1) is 0 Å². The average molecular weight is 213 g/mol. The number of nitrogens with one attached hydrogen (secondary N) is 1. The zero-order chi connectivity index (χ0) is 10.8. The van der Waals surface area contributed by atoms with Crippen LogP contribution in [0.1, 0.15) is 6.92 Å². The predicted octanol–water partition coefficient (Wildman–Crippen LogP) is 2.00. The van der Waals surface area contributed by atoms with Gasteiger partial charge < -0.3 is 10.4 Å². The number of allylic oxidation sites excluding steroid dienone is 3. The number of aliphatic hydroxyl groups is 1. The average Bonchev–Trinajstić information content (AvgIpc) is 2.17. The molecular formula is C10H15NO2S. The molecule has 78 valence electrons. The number of thioether (sulfide) groups is 1. The van der Waals surface area contributed by atoms with Crippen LogP contribution in [0.5, 0.6) is 0 Å². The third kappa shape index (κ3) is 6.37. The molecule has 0 fully saturated rings. The third-order valence-corrected chi connectivity index (χ3v) is 2.15. The molecule has 14 heavy (non-hydrogen) atoms. The van der Waals surface area contributed by atoms with E-state index < -0.39 is 0 Å². The summed E-state index contributed by atoms with van der Waals surface area (Å²) < 4.78 is 0. The van der Waals surface area contributed by atoms with Gasteiger partial charge in [-0.15, -0.1) is 0 Å². The van der Waals surface area contributed by atoms with Gasteiger partial charge in [-0.3, -0.25) is 4.79 Å². The summed E-state index contributed by atoms with van der Waals surface area (Å²) in [7, 11) is 0. The summed E-state index contributed by atoms with van der Waals surface area (Å²) in [6.07, 6.45) is 8.94. The van der Waals surface area contributed by atoms with Crippen LogP contribution in [0.15, 0.2) is 35.8 Å². The molecule has 0 aromatic rings. The van der Waals surface area contributed by atoms with Crippen molar-refractivity contribution in [2.45, 2.75) is 6.92 Å². The summed E-state index contributed by atoms with van der Waals surface area (Å²) in [4.78, 5) is 9.85. The van der Waals surface area contributed by atoms with Gasteiger partial charge >= 0.3 is 0 Å². The molecule has 0 aliphatic rings. The van der Waals surface area contributed by atoms with Crippen LogP contribution >= 0.6 is 11.8 Å². The lowest BCUT2D eigenvalue weighted by Gasteiger charge is -1.98. The summed E-state index contributed by atoms with van der Waals surface area (Å²) in [6.45, 7) is 1.88. The van der Waals surface area contributed by atoms with Crippen LogP contribution in [0.25, 0.3) is 0 Å². The lowest BCUT2D eigenvalue weighted by Crippen LogP contribution is -1.97. The fourth-order valence-electron chi connectivity index (χ4n) is 0.730. The van der Waals surface area contributed by atoms with Crippen molar-refractivity contribution in [2.24, 2.45) is 0 Å². The molecule has 0 atom stereocenters. The Kier molecular flexibility index (Phi) is 7.74. The highest BCUT2D eigenvalue weighted by atomic mass is 32.2. The molecule has 0 saturated heterocycles. The Morgan fingerprint density at radius 2 is 2.21 bits per heavy atom. The zero-order valence-electron chi connectivity index (χ0n) is 8.36. The maximum absolute atomic E-state index is 9.85. The molecule has 0 unspecified atom stereocenters. The summed E-state index contributed by atoms with van der Waals surface area (Å²) >= 11 is 1.66. The summed E-state index contributed by atoms with van der Waals surface area (Å²) in [5, 5.41) is 11.8. The van der Waals surface area contributed by atoms with Crippen molar-refractivity contribution >= 4 is 18.2 Å². The highest BCUT2D eigenvalue weighted by Crippen LogP contribution is 2.08. The van der Waals surface area contributed by atoms with Gasteiger partial charge in [0.25, 0.3) is 0 Å². The molecule has 0 aromatic heterocycles. The number of aliphatic hydroxyl groups excluding tert-OH is 1. The second-order valence-corrected chi connectivity index (χ2v) is 3.47. The quantitative estimate of drug-likeness (QED) is 0.403. The first kappa shape index (κ1) is 12.8. The summed E-state index contributed by atoms with van der Waals surface area (Å²) in [5.41, 5.74) is 0.936. The molecule has 0 saturated carbocycles. The molecule has 0 bridgehead atoms. The van der Waals surface area contributed by atoms with Crippen molar-refractivity contribution in [3.8, 4) is 0 Å². The molecule has 4 heteroatoms. The lowest BCUT2D eigenvalue weighted by molar-refractivity contribution is -0.108. The van der Waals surface area contributed by atoms with Crippen molar-refractivity contribution in [3.05, 3.63) is 35.8 Å². The first-order valence-corrected chi connectivity index (χ1v) is 5.52. The van der Waals surface area contributed by atoms with E-state index in [1.54, 1.807) is 30.0 Å². The molecule has 0 aliphatic carbocycles. The topological polar surface area (TPSA) is 49.3 Å². The Labute approximate surface area is 88.6 Å². The molecule has 0 spiro atoms.